The van der Waals surface area contributed by atoms with E-state index in [0.717, 1.165) is 48.3 Å². The van der Waals surface area contributed by atoms with Crippen molar-refractivity contribution in [1.82, 2.24) is 19.8 Å². The number of carbonyl (C=O) groups is 1. The van der Waals surface area contributed by atoms with Gasteiger partial charge in [-0.05, 0) is 24.1 Å². The maximum Gasteiger partial charge on any atom is 0.407 e. The standard InChI is InChI=1S/C24H27N5O3/c1-32-22-8-7-20-23(26-22)21(9-10-25-20)29-16-18-13-19(29)15-27(18)11-12-28(24(30)31)14-17-5-3-2-4-6-17/h2-10,18-19H,11-16H2,1H3,(H,30,31). The first-order valence-electron chi connectivity index (χ1n) is 10.9. The molecular formula is C24H27N5O3. The van der Waals surface area contributed by atoms with Gasteiger partial charge in [0.1, 0.15) is 5.52 Å². The number of piperazine rings is 1. The highest BCUT2D eigenvalue weighted by Crippen LogP contribution is 2.37. The normalized spacial score (nSPS) is 20.1. The van der Waals surface area contributed by atoms with Crippen molar-refractivity contribution in [1.29, 1.82) is 0 Å². The number of rotatable bonds is 7. The average molecular weight is 434 g/mol. The van der Waals surface area contributed by atoms with Crippen molar-refractivity contribution in [2.75, 3.05) is 38.2 Å². The first-order chi connectivity index (χ1) is 15.6. The largest absolute Gasteiger partial charge is 0.481 e. The van der Waals surface area contributed by atoms with Crippen LogP contribution < -0.4 is 9.64 Å². The Morgan fingerprint density at radius 3 is 2.72 bits per heavy atom. The molecule has 1 aromatic carbocycles. The molecule has 2 aliphatic rings. The second-order valence-electron chi connectivity index (χ2n) is 8.43. The first-order valence-corrected chi connectivity index (χ1v) is 10.9. The number of likely N-dealkylation sites (tertiary alicyclic amines) is 1. The molecule has 2 aromatic heterocycles. The SMILES string of the molecule is COc1ccc2nccc(N3CC4CC3CN4CCN(Cc3ccccc3)C(=O)O)c2n1. The van der Waals surface area contributed by atoms with Crippen molar-refractivity contribution in [3.63, 3.8) is 0 Å². The lowest BCUT2D eigenvalue weighted by Gasteiger charge is -2.36. The van der Waals surface area contributed by atoms with Gasteiger partial charge in [-0.1, -0.05) is 30.3 Å². The number of fused-ring (bicyclic) bond motifs is 3. The number of nitrogens with zero attached hydrogens (tertiary/aromatic N) is 5. The van der Waals surface area contributed by atoms with Gasteiger partial charge in [-0.2, -0.15) is 0 Å². The van der Waals surface area contributed by atoms with Gasteiger partial charge in [0.2, 0.25) is 5.88 Å². The molecule has 1 amide bonds. The molecule has 2 saturated heterocycles. The van der Waals surface area contributed by atoms with Crippen molar-refractivity contribution >= 4 is 22.8 Å². The lowest BCUT2D eigenvalue weighted by atomic mass is 10.2. The van der Waals surface area contributed by atoms with Crippen LogP contribution >= 0.6 is 0 Å². The fourth-order valence-electron chi connectivity index (χ4n) is 4.95. The summed E-state index contributed by atoms with van der Waals surface area (Å²) in [5.74, 6) is 0.588. The van der Waals surface area contributed by atoms with E-state index >= 15 is 0 Å². The van der Waals surface area contributed by atoms with Crippen LogP contribution in [-0.2, 0) is 6.54 Å². The summed E-state index contributed by atoms with van der Waals surface area (Å²) in [6.07, 6.45) is 2.05. The van der Waals surface area contributed by atoms with Gasteiger partial charge in [0.05, 0.1) is 18.3 Å². The molecule has 2 bridgehead atoms. The van der Waals surface area contributed by atoms with Crippen LogP contribution in [0.15, 0.2) is 54.7 Å². The summed E-state index contributed by atoms with van der Waals surface area (Å²) < 4.78 is 5.32. The first kappa shape index (κ1) is 20.5. The lowest BCUT2D eigenvalue weighted by molar-refractivity contribution is 0.130. The van der Waals surface area contributed by atoms with Crippen molar-refractivity contribution in [2.24, 2.45) is 0 Å². The maximum absolute atomic E-state index is 11.8. The lowest BCUT2D eigenvalue weighted by Crippen LogP contribution is -2.49. The molecule has 0 spiro atoms. The van der Waals surface area contributed by atoms with E-state index in [4.69, 9.17) is 4.74 Å². The third-order valence-corrected chi connectivity index (χ3v) is 6.55. The average Bonchev–Trinajstić information content (AvgIpc) is 3.42. The van der Waals surface area contributed by atoms with E-state index < -0.39 is 6.09 Å². The molecule has 2 atom stereocenters. The Morgan fingerprint density at radius 2 is 2.00 bits per heavy atom. The summed E-state index contributed by atoms with van der Waals surface area (Å²) in [6.45, 7) is 3.51. The molecule has 166 valence electrons. The summed E-state index contributed by atoms with van der Waals surface area (Å²) in [7, 11) is 1.62. The summed E-state index contributed by atoms with van der Waals surface area (Å²) in [5.41, 5.74) is 3.83. The fourth-order valence-corrected chi connectivity index (χ4v) is 4.95. The zero-order chi connectivity index (χ0) is 22.1. The summed E-state index contributed by atoms with van der Waals surface area (Å²) in [6, 6.07) is 16.4. The predicted molar refractivity (Wildman–Crippen MR) is 122 cm³/mol. The van der Waals surface area contributed by atoms with Crippen molar-refractivity contribution in [3.8, 4) is 5.88 Å². The molecule has 5 rings (SSSR count). The molecular weight excluding hydrogens is 406 g/mol. The quantitative estimate of drug-likeness (QED) is 0.613. The number of carboxylic acid groups (broad SMARTS) is 1. The van der Waals surface area contributed by atoms with Gasteiger partial charge in [0.15, 0.2) is 0 Å². The molecule has 2 fully saturated rings. The molecule has 8 heteroatoms. The smallest absolute Gasteiger partial charge is 0.407 e. The van der Waals surface area contributed by atoms with Gasteiger partial charge >= 0.3 is 6.09 Å². The topological polar surface area (TPSA) is 82.0 Å². The van der Waals surface area contributed by atoms with Gasteiger partial charge < -0.3 is 19.6 Å². The molecule has 0 aliphatic carbocycles. The number of amides is 1. The minimum Gasteiger partial charge on any atom is -0.481 e. The van der Waals surface area contributed by atoms with Crippen LogP contribution in [0.3, 0.4) is 0 Å². The third kappa shape index (κ3) is 3.93. The minimum absolute atomic E-state index is 0.394. The minimum atomic E-state index is -0.872. The van der Waals surface area contributed by atoms with Crippen LogP contribution in [0.4, 0.5) is 10.5 Å². The van der Waals surface area contributed by atoms with Crippen LogP contribution in [0, 0.1) is 0 Å². The van der Waals surface area contributed by atoms with Gasteiger partial charge in [-0.25, -0.2) is 9.78 Å². The monoisotopic (exact) mass is 433 g/mol. The number of benzene rings is 1. The molecule has 3 aromatic rings. The number of hydrogen-bond acceptors (Lipinski definition) is 6. The van der Waals surface area contributed by atoms with Crippen molar-refractivity contribution < 1.29 is 14.6 Å². The molecule has 2 aliphatic heterocycles. The second-order valence-corrected chi connectivity index (χ2v) is 8.43. The van der Waals surface area contributed by atoms with Gasteiger partial charge in [-0.15, -0.1) is 0 Å². The van der Waals surface area contributed by atoms with Crippen molar-refractivity contribution in [3.05, 3.63) is 60.3 Å². The van der Waals surface area contributed by atoms with E-state index in [9.17, 15) is 9.90 Å². The second kappa shape index (κ2) is 8.63. The number of hydrogen-bond donors (Lipinski definition) is 1. The van der Waals surface area contributed by atoms with E-state index in [2.05, 4.69) is 19.8 Å². The van der Waals surface area contributed by atoms with Crippen LogP contribution in [0.1, 0.15) is 12.0 Å². The molecule has 32 heavy (non-hydrogen) atoms. The number of ether oxygens (including phenoxy) is 1. The molecule has 0 saturated carbocycles. The third-order valence-electron chi connectivity index (χ3n) is 6.55. The molecule has 0 radical (unpaired) electrons. The van der Waals surface area contributed by atoms with E-state index in [-0.39, 0.29) is 0 Å². The fraction of sp³-hybridized carbons (Fsp3) is 0.375. The molecule has 1 N–H and O–H groups in total. The highest BCUT2D eigenvalue weighted by atomic mass is 16.5. The highest BCUT2D eigenvalue weighted by molar-refractivity contribution is 5.88. The van der Waals surface area contributed by atoms with Crippen LogP contribution in [0.2, 0.25) is 0 Å². The number of aromatic nitrogens is 2. The number of methoxy groups -OCH3 is 1. The Labute approximate surface area is 187 Å². The van der Waals surface area contributed by atoms with E-state index in [1.807, 2.05) is 54.7 Å². The Morgan fingerprint density at radius 1 is 1.16 bits per heavy atom. The summed E-state index contributed by atoms with van der Waals surface area (Å²) in [4.78, 5) is 27.2. The maximum atomic E-state index is 11.8. The van der Waals surface area contributed by atoms with Gasteiger partial charge in [0, 0.05) is 57.1 Å². The zero-order valence-corrected chi connectivity index (χ0v) is 18.1. The van der Waals surface area contributed by atoms with E-state index in [0.29, 0.717) is 31.1 Å². The van der Waals surface area contributed by atoms with Gasteiger partial charge in [-0.3, -0.25) is 9.88 Å². The van der Waals surface area contributed by atoms with Crippen LogP contribution in [0.25, 0.3) is 11.0 Å². The van der Waals surface area contributed by atoms with Gasteiger partial charge in [0.25, 0.3) is 0 Å². The van der Waals surface area contributed by atoms with Crippen LogP contribution in [0.5, 0.6) is 5.88 Å². The Balaban J connectivity index is 1.25. The number of pyridine rings is 2. The molecule has 8 nitrogen and oxygen atoms in total. The Kier molecular flexibility index (Phi) is 5.53. The molecule has 2 unspecified atom stereocenters. The summed E-state index contributed by atoms with van der Waals surface area (Å²) >= 11 is 0. The zero-order valence-electron chi connectivity index (χ0n) is 18.1. The number of anilines is 1. The predicted octanol–water partition coefficient (Wildman–Crippen LogP) is 3.08. The van der Waals surface area contributed by atoms with E-state index in [1.165, 1.54) is 4.90 Å². The molecule has 4 heterocycles. The Bertz CT molecular complexity index is 1110. The van der Waals surface area contributed by atoms with Crippen molar-refractivity contribution in [2.45, 2.75) is 25.0 Å². The summed E-state index contributed by atoms with van der Waals surface area (Å²) in [5, 5.41) is 9.65. The Hall–Kier alpha value is -3.39. The van der Waals surface area contributed by atoms with Crippen LogP contribution in [-0.4, -0.2) is 76.3 Å². The van der Waals surface area contributed by atoms with E-state index in [1.54, 1.807) is 7.11 Å². The highest BCUT2D eigenvalue weighted by Gasteiger charge is 2.43.